The minimum Gasteiger partial charge on any atom is -0.385 e. The molecule has 0 saturated heterocycles. The van der Waals surface area contributed by atoms with Crippen LogP contribution in [0.4, 0.5) is 13.2 Å². The Hall–Kier alpha value is -2.58. The lowest BCUT2D eigenvalue weighted by Crippen LogP contribution is -2.33. The van der Waals surface area contributed by atoms with Crippen LogP contribution in [0.25, 0.3) is 0 Å². The number of aromatic nitrogens is 1. The van der Waals surface area contributed by atoms with E-state index in [1.807, 2.05) is 35.0 Å². The standard InChI is InChI=1S/C24H24BrF3N2O2/c1-32-14-4-13-30(23(31)19-8-10-21(25)11-9-19)17-22-7-3-12-29(22)16-18-5-2-6-20(15-18)24(26,27)28/h2-3,5-12,15H,4,13-14,16-17H2,1H3. The zero-order valence-electron chi connectivity index (χ0n) is 17.6. The van der Waals surface area contributed by atoms with Gasteiger partial charge in [-0.25, -0.2) is 0 Å². The second kappa shape index (κ2) is 10.8. The molecule has 3 aromatic rings. The van der Waals surface area contributed by atoms with Crippen molar-refractivity contribution in [1.82, 2.24) is 9.47 Å². The van der Waals surface area contributed by atoms with E-state index in [-0.39, 0.29) is 12.5 Å². The average molecular weight is 509 g/mol. The van der Waals surface area contributed by atoms with E-state index in [9.17, 15) is 18.0 Å². The normalized spacial score (nSPS) is 11.5. The first-order valence-electron chi connectivity index (χ1n) is 10.1. The Balaban J connectivity index is 1.79. The number of hydrogen-bond donors (Lipinski definition) is 0. The first-order valence-corrected chi connectivity index (χ1v) is 10.9. The van der Waals surface area contributed by atoms with Crippen LogP contribution < -0.4 is 0 Å². The fourth-order valence-corrected chi connectivity index (χ4v) is 3.68. The smallest absolute Gasteiger partial charge is 0.385 e. The molecule has 1 amide bonds. The third-order valence-electron chi connectivity index (χ3n) is 5.04. The van der Waals surface area contributed by atoms with Gasteiger partial charge in [-0.15, -0.1) is 0 Å². The Kier molecular flexibility index (Phi) is 8.15. The van der Waals surface area contributed by atoms with Crippen molar-refractivity contribution in [1.29, 1.82) is 0 Å². The highest BCUT2D eigenvalue weighted by Gasteiger charge is 2.30. The minimum absolute atomic E-state index is 0.111. The molecule has 2 aromatic carbocycles. The lowest BCUT2D eigenvalue weighted by molar-refractivity contribution is -0.137. The summed E-state index contributed by atoms with van der Waals surface area (Å²) in [5.41, 5.74) is 1.28. The number of hydrogen-bond acceptors (Lipinski definition) is 2. The maximum absolute atomic E-state index is 13.1. The molecule has 170 valence electrons. The van der Waals surface area contributed by atoms with Gasteiger partial charge in [0.1, 0.15) is 0 Å². The van der Waals surface area contributed by atoms with E-state index in [4.69, 9.17) is 4.74 Å². The molecule has 32 heavy (non-hydrogen) atoms. The van der Waals surface area contributed by atoms with Crippen molar-refractivity contribution < 1.29 is 22.7 Å². The van der Waals surface area contributed by atoms with Gasteiger partial charge >= 0.3 is 6.18 Å². The van der Waals surface area contributed by atoms with Gasteiger partial charge in [-0.2, -0.15) is 13.2 Å². The summed E-state index contributed by atoms with van der Waals surface area (Å²) >= 11 is 3.37. The Morgan fingerprint density at radius 3 is 2.53 bits per heavy atom. The first kappa shape index (κ1) is 24.1. The number of carbonyl (C=O) groups is 1. The first-order chi connectivity index (χ1) is 15.3. The number of nitrogens with zero attached hydrogens (tertiary/aromatic N) is 2. The molecule has 0 bridgehead atoms. The van der Waals surface area contributed by atoms with Crippen molar-refractivity contribution in [2.24, 2.45) is 0 Å². The molecule has 4 nitrogen and oxygen atoms in total. The molecular weight excluding hydrogens is 485 g/mol. The van der Waals surface area contributed by atoms with Crippen LogP contribution in [0.2, 0.25) is 0 Å². The average Bonchev–Trinajstić information content (AvgIpc) is 3.19. The lowest BCUT2D eigenvalue weighted by atomic mass is 10.1. The van der Waals surface area contributed by atoms with Crippen LogP contribution in [0.15, 0.2) is 71.3 Å². The number of alkyl halides is 3. The summed E-state index contributed by atoms with van der Waals surface area (Å²) in [6.45, 7) is 1.64. The van der Waals surface area contributed by atoms with Crippen LogP contribution in [0, 0.1) is 0 Å². The Morgan fingerprint density at radius 1 is 1.09 bits per heavy atom. The van der Waals surface area contributed by atoms with E-state index in [0.717, 1.165) is 22.3 Å². The van der Waals surface area contributed by atoms with Gasteiger partial charge in [0, 0.05) is 48.7 Å². The Bertz CT molecular complexity index is 1030. The molecule has 0 aliphatic carbocycles. The predicted molar refractivity (Wildman–Crippen MR) is 120 cm³/mol. The molecule has 1 heterocycles. The summed E-state index contributed by atoms with van der Waals surface area (Å²) < 4.78 is 47.1. The molecule has 0 aliphatic rings. The highest BCUT2D eigenvalue weighted by molar-refractivity contribution is 9.10. The Labute approximate surface area is 193 Å². The summed E-state index contributed by atoms with van der Waals surface area (Å²) in [4.78, 5) is 14.9. The number of rotatable bonds is 9. The molecular formula is C24H24BrF3N2O2. The summed E-state index contributed by atoms with van der Waals surface area (Å²) in [5.74, 6) is -0.111. The number of methoxy groups -OCH3 is 1. The fourth-order valence-electron chi connectivity index (χ4n) is 3.41. The number of carbonyl (C=O) groups excluding carboxylic acids is 1. The minimum atomic E-state index is -4.38. The van der Waals surface area contributed by atoms with Crippen molar-refractivity contribution in [2.75, 3.05) is 20.3 Å². The molecule has 0 aliphatic heterocycles. The maximum Gasteiger partial charge on any atom is 0.416 e. The molecule has 0 radical (unpaired) electrons. The molecule has 0 fully saturated rings. The largest absolute Gasteiger partial charge is 0.416 e. The molecule has 8 heteroatoms. The number of ether oxygens (including phenoxy) is 1. The zero-order valence-corrected chi connectivity index (χ0v) is 19.2. The van der Waals surface area contributed by atoms with E-state index in [1.165, 1.54) is 6.07 Å². The fraction of sp³-hybridized carbons (Fsp3) is 0.292. The van der Waals surface area contributed by atoms with Crippen LogP contribution in [0.5, 0.6) is 0 Å². The van der Waals surface area contributed by atoms with E-state index >= 15 is 0 Å². The van der Waals surface area contributed by atoms with Gasteiger partial charge in [-0.1, -0.05) is 28.1 Å². The second-order valence-corrected chi connectivity index (χ2v) is 8.32. The third-order valence-corrected chi connectivity index (χ3v) is 5.57. The van der Waals surface area contributed by atoms with E-state index < -0.39 is 11.7 Å². The summed E-state index contributed by atoms with van der Waals surface area (Å²) in [6, 6.07) is 16.2. The van der Waals surface area contributed by atoms with Gasteiger partial charge < -0.3 is 14.2 Å². The van der Waals surface area contributed by atoms with Crippen LogP contribution >= 0.6 is 15.9 Å². The predicted octanol–water partition coefficient (Wildman–Crippen LogP) is 6.00. The van der Waals surface area contributed by atoms with E-state index in [2.05, 4.69) is 15.9 Å². The van der Waals surface area contributed by atoms with Gasteiger partial charge in [-0.05, 0) is 60.5 Å². The molecule has 0 unspecified atom stereocenters. The topological polar surface area (TPSA) is 34.5 Å². The van der Waals surface area contributed by atoms with Crippen LogP contribution in [-0.4, -0.2) is 35.6 Å². The molecule has 3 rings (SSSR count). The lowest BCUT2D eigenvalue weighted by Gasteiger charge is -2.24. The molecule has 1 aromatic heterocycles. The number of amides is 1. The Morgan fingerprint density at radius 2 is 1.84 bits per heavy atom. The van der Waals surface area contributed by atoms with Gasteiger partial charge in [0.2, 0.25) is 0 Å². The van der Waals surface area contributed by atoms with Gasteiger partial charge in [0.15, 0.2) is 0 Å². The van der Waals surface area contributed by atoms with E-state index in [0.29, 0.717) is 37.2 Å². The SMILES string of the molecule is COCCCN(Cc1cccn1Cc1cccc(C(F)(F)F)c1)C(=O)c1ccc(Br)cc1. The van der Waals surface area contributed by atoms with Gasteiger partial charge in [0.05, 0.1) is 12.1 Å². The molecule has 0 saturated carbocycles. The zero-order chi connectivity index (χ0) is 23.1. The highest BCUT2D eigenvalue weighted by Crippen LogP contribution is 2.29. The third kappa shape index (κ3) is 6.46. The van der Waals surface area contributed by atoms with Crippen molar-refractivity contribution in [2.45, 2.75) is 25.7 Å². The van der Waals surface area contributed by atoms with Gasteiger partial charge in [0.25, 0.3) is 5.91 Å². The van der Waals surface area contributed by atoms with Crippen molar-refractivity contribution in [3.63, 3.8) is 0 Å². The molecule has 0 N–H and O–H groups in total. The van der Waals surface area contributed by atoms with Gasteiger partial charge in [-0.3, -0.25) is 4.79 Å². The highest BCUT2D eigenvalue weighted by atomic mass is 79.9. The summed E-state index contributed by atoms with van der Waals surface area (Å²) in [6.07, 6.45) is -1.90. The maximum atomic E-state index is 13.1. The molecule has 0 atom stereocenters. The number of benzene rings is 2. The summed E-state index contributed by atoms with van der Waals surface area (Å²) in [5, 5.41) is 0. The van der Waals surface area contributed by atoms with Crippen LogP contribution in [0.3, 0.4) is 0 Å². The van der Waals surface area contributed by atoms with Crippen molar-refractivity contribution in [3.05, 3.63) is 93.7 Å². The molecule has 0 spiro atoms. The van der Waals surface area contributed by atoms with Crippen molar-refractivity contribution >= 4 is 21.8 Å². The van der Waals surface area contributed by atoms with Crippen LogP contribution in [0.1, 0.15) is 33.6 Å². The number of halogens is 4. The second-order valence-electron chi connectivity index (χ2n) is 7.41. The van der Waals surface area contributed by atoms with Crippen molar-refractivity contribution in [3.8, 4) is 0 Å². The van der Waals surface area contributed by atoms with Crippen LogP contribution in [-0.2, 0) is 24.0 Å². The quantitative estimate of drug-likeness (QED) is 0.332. The summed E-state index contributed by atoms with van der Waals surface area (Å²) in [7, 11) is 1.61. The monoisotopic (exact) mass is 508 g/mol. The van der Waals surface area contributed by atoms with E-state index in [1.54, 1.807) is 30.2 Å².